The first kappa shape index (κ1) is 35.2. The van der Waals surface area contributed by atoms with Gasteiger partial charge in [-0.15, -0.1) is 6.58 Å². The normalized spacial score (nSPS) is 17.7. The number of unbranched alkanes of at least 4 members (excludes halogenated alkanes) is 3. The molecule has 2 aliphatic carbocycles. The average molecular weight is 646 g/mol. The molecule has 47 heavy (non-hydrogen) atoms. The van der Waals surface area contributed by atoms with Crippen molar-refractivity contribution in [2.45, 2.75) is 116 Å². The van der Waals surface area contributed by atoms with Gasteiger partial charge in [-0.2, -0.15) is 0 Å². The maximum Gasteiger partial charge on any atom is 0.0962 e. The van der Waals surface area contributed by atoms with Crippen LogP contribution in [0.5, 0.6) is 0 Å². The monoisotopic (exact) mass is 645 g/mol. The summed E-state index contributed by atoms with van der Waals surface area (Å²) >= 11 is 0. The summed E-state index contributed by atoms with van der Waals surface area (Å²) in [5.41, 5.74) is 12.2. The van der Waals surface area contributed by atoms with Crippen molar-refractivity contribution in [3.05, 3.63) is 113 Å². The highest BCUT2D eigenvalue weighted by atomic mass is 28.3. The molecule has 2 aliphatic rings. The zero-order valence-corrected chi connectivity index (χ0v) is 31.6. The third-order valence-corrected chi connectivity index (χ3v) is 15.2. The van der Waals surface area contributed by atoms with Crippen molar-refractivity contribution in [3.8, 4) is 11.3 Å². The van der Waals surface area contributed by atoms with E-state index in [4.69, 9.17) is 4.74 Å². The Bertz CT molecular complexity index is 1720. The molecule has 0 bridgehead atoms. The van der Waals surface area contributed by atoms with Crippen LogP contribution in [0.2, 0.25) is 12.6 Å². The van der Waals surface area contributed by atoms with Crippen LogP contribution in [0.3, 0.4) is 0 Å². The minimum atomic E-state index is -2.15. The summed E-state index contributed by atoms with van der Waals surface area (Å²) in [7, 11) is 0.134. The first-order valence-corrected chi connectivity index (χ1v) is 21.1. The largest absolute Gasteiger partial charge is 0.376 e. The summed E-state index contributed by atoms with van der Waals surface area (Å²) in [6, 6.07) is 27.1. The van der Waals surface area contributed by atoms with Gasteiger partial charge in [-0.3, -0.25) is 0 Å². The van der Waals surface area contributed by atoms with Gasteiger partial charge in [0.2, 0.25) is 0 Å². The van der Waals surface area contributed by atoms with E-state index >= 15 is 0 Å². The minimum Gasteiger partial charge on any atom is -0.376 e. The number of aryl methyl sites for hydroxylation is 2. The first-order chi connectivity index (χ1) is 22.6. The molecule has 3 heteroatoms. The van der Waals surface area contributed by atoms with Crippen LogP contribution in [-0.2, 0) is 11.8 Å². The summed E-state index contributed by atoms with van der Waals surface area (Å²) < 4.78 is 8.53. The fourth-order valence-electron chi connectivity index (χ4n) is 8.23. The van der Waals surface area contributed by atoms with Crippen molar-refractivity contribution in [2.75, 3.05) is 6.61 Å². The molecular weight excluding hydrogens is 587 g/mol. The Labute approximate surface area is 287 Å². The quantitative estimate of drug-likeness (QED) is 0.0849. The molecule has 250 valence electrons. The van der Waals surface area contributed by atoms with Crippen LogP contribution in [0, 0.1) is 6.92 Å². The maximum atomic E-state index is 6.04. The van der Waals surface area contributed by atoms with Crippen molar-refractivity contribution < 1.29 is 4.74 Å². The lowest BCUT2D eigenvalue weighted by Gasteiger charge is -2.37. The van der Waals surface area contributed by atoms with E-state index in [2.05, 4.69) is 145 Å². The highest BCUT2D eigenvalue weighted by molar-refractivity contribution is 6.97. The topological polar surface area (TPSA) is 14.2 Å². The van der Waals surface area contributed by atoms with Crippen molar-refractivity contribution >= 4 is 24.2 Å². The number of hydrogen-bond donors (Lipinski definition) is 0. The Hall–Kier alpha value is -3.14. The molecule has 0 N–H and O–H groups in total. The number of aromatic nitrogens is 1. The Morgan fingerprint density at radius 3 is 2.26 bits per heavy atom. The third-order valence-electron chi connectivity index (χ3n) is 10.3. The van der Waals surface area contributed by atoms with E-state index in [1.807, 2.05) is 0 Å². The number of rotatable bonds is 12. The molecule has 0 saturated heterocycles. The van der Waals surface area contributed by atoms with Crippen LogP contribution in [-0.4, -0.2) is 24.8 Å². The smallest absolute Gasteiger partial charge is 0.0962 e. The fraction of sp³-hybridized carbons (Fsp3) is 0.455. The summed E-state index contributed by atoms with van der Waals surface area (Å²) in [4.78, 5) is 0. The summed E-state index contributed by atoms with van der Waals surface area (Å²) in [6.45, 7) is 20.6. The molecule has 0 amide bonds. The van der Waals surface area contributed by atoms with E-state index in [9.17, 15) is 0 Å². The van der Waals surface area contributed by atoms with Gasteiger partial charge in [0.05, 0.1) is 19.4 Å². The van der Waals surface area contributed by atoms with Crippen LogP contribution < -0.4 is 0 Å². The first-order valence-electron chi connectivity index (χ1n) is 18.3. The zero-order chi connectivity index (χ0) is 33.8. The predicted molar refractivity (Wildman–Crippen MR) is 208 cm³/mol. The van der Waals surface area contributed by atoms with Crippen LogP contribution in [0.25, 0.3) is 27.4 Å². The second-order valence-electron chi connectivity index (χ2n) is 15.3. The van der Waals surface area contributed by atoms with E-state index in [1.165, 1.54) is 70.6 Å². The van der Waals surface area contributed by atoms with E-state index in [0.29, 0.717) is 11.5 Å². The Morgan fingerprint density at radius 2 is 1.55 bits per heavy atom. The fourth-order valence-corrected chi connectivity index (χ4v) is 13.4. The van der Waals surface area contributed by atoms with Gasteiger partial charge < -0.3 is 9.30 Å². The van der Waals surface area contributed by atoms with Gasteiger partial charge in [0.15, 0.2) is 0 Å². The lowest BCUT2D eigenvalue weighted by molar-refractivity contribution is -0.00471. The Balaban J connectivity index is 0.00000139. The molecule has 6 rings (SSSR count). The molecule has 0 spiro atoms. The van der Waals surface area contributed by atoms with Crippen molar-refractivity contribution in [3.63, 3.8) is 0 Å². The van der Waals surface area contributed by atoms with Gasteiger partial charge in [-0.05, 0) is 81.3 Å². The van der Waals surface area contributed by atoms with Gasteiger partial charge in [-0.1, -0.05) is 130 Å². The maximum absolute atomic E-state index is 6.04. The number of hydrogen-bond acceptors (Lipinski definition) is 1. The lowest BCUT2D eigenvalue weighted by Crippen LogP contribution is -2.40. The van der Waals surface area contributed by atoms with Crippen molar-refractivity contribution in [2.24, 2.45) is 7.05 Å². The molecule has 3 atom stereocenters. The molecule has 0 radical (unpaired) electrons. The molecule has 0 aliphatic heterocycles. The molecule has 4 aromatic rings. The molecule has 3 aromatic carbocycles. The number of ether oxygens (including phenoxy) is 1. The molecule has 2 nitrogen and oxygen atoms in total. The van der Waals surface area contributed by atoms with Gasteiger partial charge in [-0.25, -0.2) is 0 Å². The lowest BCUT2D eigenvalue weighted by atomic mass is 9.96. The average Bonchev–Trinajstić information content (AvgIpc) is 3.68. The standard InChI is InChI=1S/C41H51NOSi.C3H8/c1-8-9-18-30-28-37(32-20-13-12-19-31(30)32)44(7,26-17-11-10-16-25-43-41(3,4)5)40-34-22-15-14-21-33(34)39-38(40)35-27-29(2)23-24-36(35)42(39)6;1-3-2/h8,12-15,19-24,27-28,30,40H,1,9-11,16-18,25-26H2,2-7H3;3H2,1-2H3. The summed E-state index contributed by atoms with van der Waals surface area (Å²) in [6.07, 6.45) is 13.2. The van der Waals surface area contributed by atoms with Gasteiger partial charge in [0.25, 0.3) is 0 Å². The van der Waals surface area contributed by atoms with Crippen molar-refractivity contribution in [1.29, 1.82) is 0 Å². The highest BCUT2D eigenvalue weighted by Gasteiger charge is 2.49. The zero-order valence-electron chi connectivity index (χ0n) is 30.6. The highest BCUT2D eigenvalue weighted by Crippen LogP contribution is 2.58. The molecule has 1 aromatic heterocycles. The predicted octanol–water partition coefficient (Wildman–Crippen LogP) is 12.7. The second-order valence-corrected chi connectivity index (χ2v) is 19.7. The molecule has 0 fully saturated rings. The minimum absolute atomic E-state index is 0.0552. The molecular formula is C44H59NOSi. The third kappa shape index (κ3) is 7.17. The van der Waals surface area contributed by atoms with E-state index in [0.717, 1.165) is 25.9 Å². The summed E-state index contributed by atoms with van der Waals surface area (Å²) in [5, 5.41) is 3.15. The number of fused-ring (bicyclic) bond motifs is 6. The Morgan fingerprint density at radius 1 is 0.894 bits per heavy atom. The van der Waals surface area contributed by atoms with Crippen molar-refractivity contribution in [1.82, 2.24) is 4.57 Å². The number of nitrogens with zero attached hydrogens (tertiary/aromatic N) is 1. The molecule has 0 saturated carbocycles. The second kappa shape index (κ2) is 15.0. The number of benzene rings is 3. The number of allylic oxidation sites excluding steroid dienone is 2. The molecule has 3 unspecified atom stereocenters. The van der Waals surface area contributed by atoms with Crippen LogP contribution >= 0.6 is 0 Å². The van der Waals surface area contributed by atoms with Gasteiger partial charge in [0, 0.05) is 41.6 Å². The van der Waals surface area contributed by atoms with Crippen LogP contribution in [0.4, 0.5) is 0 Å². The SMILES string of the molecule is C=CCCC1C=C([Si](C)(CCCCCCOC(C)(C)C)C2c3ccccc3-c3c2c2cc(C)ccc2n3C)c2ccccc21.CCC. The van der Waals surface area contributed by atoms with E-state index in [-0.39, 0.29) is 5.60 Å². The van der Waals surface area contributed by atoms with Gasteiger partial charge in [0.1, 0.15) is 0 Å². The van der Waals surface area contributed by atoms with Crippen LogP contribution in [0.15, 0.2) is 85.5 Å². The van der Waals surface area contributed by atoms with Crippen LogP contribution in [0.1, 0.15) is 119 Å². The van der Waals surface area contributed by atoms with E-state index < -0.39 is 8.07 Å². The Kier molecular flexibility index (Phi) is 11.2. The van der Waals surface area contributed by atoms with Gasteiger partial charge >= 0.3 is 0 Å². The van der Waals surface area contributed by atoms with E-state index in [1.54, 1.807) is 16.3 Å². The summed E-state index contributed by atoms with van der Waals surface area (Å²) in [5.74, 6) is 0.478. The molecule has 1 heterocycles.